The van der Waals surface area contributed by atoms with Crippen molar-refractivity contribution in [2.45, 2.75) is 98.5 Å². The monoisotopic (exact) mass is 390 g/mol. The summed E-state index contributed by atoms with van der Waals surface area (Å²) < 4.78 is 5.88. The zero-order valence-electron chi connectivity index (χ0n) is 18.3. The van der Waals surface area contributed by atoms with E-state index in [4.69, 9.17) is 4.74 Å². The predicted octanol–water partition coefficient (Wildman–Crippen LogP) is 5.44. The smallest absolute Gasteiger partial charge is 0.320 e. The average molecular weight is 391 g/mol. The Morgan fingerprint density at radius 1 is 1.04 bits per heavy atom. The molecule has 4 fully saturated rings. The predicted molar refractivity (Wildman–Crippen MR) is 108 cm³/mol. The molecular weight excluding hydrogens is 352 g/mol. The van der Waals surface area contributed by atoms with Gasteiger partial charge in [-0.1, -0.05) is 34.1 Å². The van der Waals surface area contributed by atoms with Crippen molar-refractivity contribution >= 4 is 11.9 Å². The molecule has 4 saturated carbocycles. The molecule has 0 aromatic carbocycles. The van der Waals surface area contributed by atoms with Gasteiger partial charge in [-0.2, -0.15) is 0 Å². The van der Waals surface area contributed by atoms with Crippen molar-refractivity contribution in [3.8, 4) is 0 Å². The van der Waals surface area contributed by atoms with Gasteiger partial charge in [0.1, 0.15) is 6.10 Å². The lowest BCUT2D eigenvalue weighted by Gasteiger charge is -2.67. The van der Waals surface area contributed by atoms with Crippen LogP contribution in [-0.4, -0.2) is 23.1 Å². The molecule has 1 spiro atoms. The topological polar surface area (TPSA) is 63.6 Å². The van der Waals surface area contributed by atoms with E-state index in [9.17, 15) is 14.7 Å². The summed E-state index contributed by atoms with van der Waals surface area (Å²) in [5.74, 6) is -1.33. The fraction of sp³-hybridized carbons (Fsp3) is 0.917. The standard InChI is InChI=1S/C24H38O4/c1-15(19(25)26)20(27)28-18-13-16-7-8-17-21(2,3)9-6-10-23(17,5)24(16)12-11-22(18,4)14-24/h15-18H,6-14H2,1-5H3,(H,25,26). The molecule has 4 rings (SSSR count). The molecule has 4 nitrogen and oxygen atoms in total. The Morgan fingerprint density at radius 2 is 1.75 bits per heavy atom. The quantitative estimate of drug-likeness (QED) is 0.515. The number of rotatable bonds is 3. The second-order valence-electron chi connectivity index (χ2n) is 11.8. The van der Waals surface area contributed by atoms with Crippen LogP contribution in [0.15, 0.2) is 0 Å². The molecule has 2 bridgehead atoms. The molecule has 28 heavy (non-hydrogen) atoms. The molecule has 7 unspecified atom stereocenters. The Hall–Kier alpha value is -1.06. The van der Waals surface area contributed by atoms with E-state index < -0.39 is 17.9 Å². The molecule has 1 N–H and O–H groups in total. The van der Waals surface area contributed by atoms with Crippen molar-refractivity contribution in [1.29, 1.82) is 0 Å². The van der Waals surface area contributed by atoms with E-state index in [1.807, 2.05) is 0 Å². The number of carbonyl (C=O) groups is 2. The van der Waals surface area contributed by atoms with Gasteiger partial charge in [0.2, 0.25) is 0 Å². The van der Waals surface area contributed by atoms with Gasteiger partial charge in [-0.05, 0) is 86.4 Å². The fourth-order valence-electron chi connectivity index (χ4n) is 8.47. The van der Waals surface area contributed by atoms with Gasteiger partial charge in [0.15, 0.2) is 5.92 Å². The number of hydrogen-bond donors (Lipinski definition) is 1. The van der Waals surface area contributed by atoms with Gasteiger partial charge in [-0.15, -0.1) is 0 Å². The number of fused-ring (bicyclic) bond motifs is 2. The SMILES string of the molecule is CC(C(=O)O)C(=O)OC1CC2CCC3C(C)(C)CCCC3(C)C23CCC1(C)C3. The normalized spacial score (nSPS) is 47.5. The zero-order valence-corrected chi connectivity index (χ0v) is 18.3. The van der Waals surface area contributed by atoms with E-state index in [-0.39, 0.29) is 11.5 Å². The van der Waals surface area contributed by atoms with E-state index in [1.165, 1.54) is 45.4 Å². The molecule has 7 atom stereocenters. The van der Waals surface area contributed by atoms with Crippen molar-refractivity contribution in [3.05, 3.63) is 0 Å². The third kappa shape index (κ3) is 2.61. The first-order chi connectivity index (χ1) is 13.0. The highest BCUT2D eigenvalue weighted by molar-refractivity contribution is 5.93. The zero-order chi connectivity index (χ0) is 20.5. The highest BCUT2D eigenvalue weighted by Crippen LogP contribution is 2.76. The summed E-state index contributed by atoms with van der Waals surface area (Å²) in [6.07, 6.45) is 10.8. The van der Waals surface area contributed by atoms with E-state index >= 15 is 0 Å². The molecule has 0 aromatic rings. The van der Waals surface area contributed by atoms with Crippen LogP contribution in [0.25, 0.3) is 0 Å². The van der Waals surface area contributed by atoms with Crippen LogP contribution in [-0.2, 0) is 14.3 Å². The molecule has 0 heterocycles. The van der Waals surface area contributed by atoms with Crippen molar-refractivity contribution < 1.29 is 19.4 Å². The lowest BCUT2D eigenvalue weighted by atomic mass is 9.38. The fourth-order valence-corrected chi connectivity index (χ4v) is 8.47. The van der Waals surface area contributed by atoms with Gasteiger partial charge in [0, 0.05) is 5.41 Å². The average Bonchev–Trinajstić information content (AvgIpc) is 2.92. The summed E-state index contributed by atoms with van der Waals surface area (Å²) in [6.45, 7) is 11.3. The number of carboxylic acids is 1. The number of hydrogen-bond acceptors (Lipinski definition) is 3. The first-order valence-electron chi connectivity index (χ1n) is 11.4. The number of carboxylic acid groups (broad SMARTS) is 1. The summed E-state index contributed by atoms with van der Waals surface area (Å²) in [6, 6.07) is 0. The van der Waals surface area contributed by atoms with Gasteiger partial charge < -0.3 is 9.84 Å². The van der Waals surface area contributed by atoms with Crippen molar-refractivity contribution in [3.63, 3.8) is 0 Å². The molecule has 4 heteroatoms. The van der Waals surface area contributed by atoms with Crippen LogP contribution in [0, 0.1) is 39.4 Å². The molecule has 0 aliphatic heterocycles. The lowest BCUT2D eigenvalue weighted by molar-refractivity contribution is -0.200. The Labute approximate surface area is 169 Å². The van der Waals surface area contributed by atoms with E-state index in [1.54, 1.807) is 0 Å². The first kappa shape index (κ1) is 20.2. The van der Waals surface area contributed by atoms with Gasteiger partial charge >= 0.3 is 11.9 Å². The molecular formula is C24H38O4. The van der Waals surface area contributed by atoms with Crippen molar-refractivity contribution in [1.82, 2.24) is 0 Å². The van der Waals surface area contributed by atoms with Crippen molar-refractivity contribution in [2.75, 3.05) is 0 Å². The van der Waals surface area contributed by atoms with Gasteiger partial charge in [0.25, 0.3) is 0 Å². The van der Waals surface area contributed by atoms with E-state index in [0.29, 0.717) is 22.2 Å². The van der Waals surface area contributed by atoms with Gasteiger partial charge in [0.05, 0.1) is 0 Å². The maximum Gasteiger partial charge on any atom is 0.320 e. The summed E-state index contributed by atoms with van der Waals surface area (Å²) in [5.41, 5.74) is 1.19. The Kier molecular flexibility index (Phi) is 4.49. The summed E-state index contributed by atoms with van der Waals surface area (Å²) >= 11 is 0. The molecule has 4 aliphatic rings. The van der Waals surface area contributed by atoms with E-state index in [0.717, 1.165) is 25.2 Å². The Morgan fingerprint density at radius 3 is 2.43 bits per heavy atom. The maximum atomic E-state index is 12.4. The molecule has 4 aliphatic carbocycles. The van der Waals surface area contributed by atoms with Crippen LogP contribution in [0.3, 0.4) is 0 Å². The molecule has 0 saturated heterocycles. The molecule has 158 valence electrons. The van der Waals surface area contributed by atoms with Crippen LogP contribution in [0.5, 0.6) is 0 Å². The second-order valence-corrected chi connectivity index (χ2v) is 11.8. The van der Waals surface area contributed by atoms with Crippen molar-refractivity contribution in [2.24, 2.45) is 39.4 Å². The van der Waals surface area contributed by atoms with Crippen LogP contribution >= 0.6 is 0 Å². The summed E-state index contributed by atoms with van der Waals surface area (Å²) in [4.78, 5) is 23.6. The number of aliphatic carboxylic acids is 1. The second kappa shape index (κ2) is 6.22. The first-order valence-corrected chi connectivity index (χ1v) is 11.4. The number of esters is 1. The largest absolute Gasteiger partial charge is 0.481 e. The third-order valence-corrected chi connectivity index (χ3v) is 10.1. The van der Waals surface area contributed by atoms with Crippen LogP contribution in [0.2, 0.25) is 0 Å². The van der Waals surface area contributed by atoms with Crippen LogP contribution in [0.1, 0.15) is 92.4 Å². The number of ether oxygens (including phenoxy) is 1. The molecule has 0 amide bonds. The third-order valence-electron chi connectivity index (χ3n) is 10.1. The van der Waals surface area contributed by atoms with Gasteiger partial charge in [-0.25, -0.2) is 0 Å². The lowest BCUT2D eigenvalue weighted by Crippen LogP contribution is -2.60. The maximum absolute atomic E-state index is 12.4. The van der Waals surface area contributed by atoms with Gasteiger partial charge in [-0.3, -0.25) is 9.59 Å². The minimum absolute atomic E-state index is 0.00310. The minimum atomic E-state index is -1.09. The summed E-state index contributed by atoms with van der Waals surface area (Å²) in [7, 11) is 0. The Balaban J connectivity index is 1.62. The van der Waals surface area contributed by atoms with Crippen LogP contribution < -0.4 is 0 Å². The summed E-state index contributed by atoms with van der Waals surface area (Å²) in [5, 5.41) is 9.18. The highest BCUT2D eigenvalue weighted by Gasteiger charge is 2.69. The van der Waals surface area contributed by atoms with E-state index in [2.05, 4.69) is 27.7 Å². The Bertz CT molecular complexity index is 684. The highest BCUT2D eigenvalue weighted by atomic mass is 16.5. The molecule has 0 aromatic heterocycles. The van der Waals surface area contributed by atoms with Crippen LogP contribution in [0.4, 0.5) is 0 Å². The minimum Gasteiger partial charge on any atom is -0.481 e. The number of carbonyl (C=O) groups excluding carboxylic acids is 1. The molecule has 0 radical (unpaired) electrons.